The van der Waals surface area contributed by atoms with E-state index < -0.39 is 5.97 Å². The molecule has 1 unspecified atom stereocenters. The van der Waals surface area contributed by atoms with Gasteiger partial charge in [0.15, 0.2) is 0 Å². The van der Waals surface area contributed by atoms with Gasteiger partial charge in [0.1, 0.15) is 6.04 Å². The molecule has 0 radical (unpaired) electrons. The van der Waals surface area contributed by atoms with Crippen molar-refractivity contribution in [3.05, 3.63) is 36.0 Å². The third kappa shape index (κ3) is 1.76. The molecule has 1 aromatic carbocycles. The zero-order valence-corrected chi connectivity index (χ0v) is 9.42. The summed E-state index contributed by atoms with van der Waals surface area (Å²) < 4.78 is 1.82. The maximum atomic E-state index is 11.1. The number of nitrogens with zero attached hydrogens (tertiary/aromatic N) is 2. The molecule has 0 aliphatic heterocycles. The van der Waals surface area contributed by atoms with Crippen LogP contribution in [0.2, 0.25) is 0 Å². The largest absolute Gasteiger partial charge is 0.478 e. The standard InChI is InChI=1S/C13H12N2O2/c1-2-9(8-14)15-7-6-10-11(13(16)17)4-3-5-12(10)15/h3-7,9H,2H2,1H3,(H,16,17). The highest BCUT2D eigenvalue weighted by atomic mass is 16.4. The summed E-state index contributed by atoms with van der Waals surface area (Å²) in [6.45, 7) is 1.93. The molecule has 0 spiro atoms. The Morgan fingerprint density at radius 1 is 1.53 bits per heavy atom. The Kier molecular flexibility index (Phi) is 2.84. The molecule has 1 aromatic heterocycles. The molecule has 1 heterocycles. The number of fused-ring (bicyclic) bond motifs is 1. The fourth-order valence-electron chi connectivity index (χ4n) is 2.00. The molecule has 0 aliphatic rings. The Labute approximate surface area is 98.7 Å². The summed E-state index contributed by atoms with van der Waals surface area (Å²) in [6.07, 6.45) is 2.46. The molecule has 17 heavy (non-hydrogen) atoms. The third-order valence-corrected chi connectivity index (χ3v) is 2.86. The van der Waals surface area contributed by atoms with Gasteiger partial charge < -0.3 is 9.67 Å². The Balaban J connectivity index is 2.67. The minimum atomic E-state index is -0.946. The number of benzene rings is 1. The number of carboxylic acid groups (broad SMARTS) is 1. The lowest BCUT2D eigenvalue weighted by Gasteiger charge is -2.10. The van der Waals surface area contributed by atoms with Crippen LogP contribution in [-0.4, -0.2) is 15.6 Å². The van der Waals surface area contributed by atoms with E-state index in [1.807, 2.05) is 17.6 Å². The zero-order chi connectivity index (χ0) is 12.4. The maximum absolute atomic E-state index is 11.1. The maximum Gasteiger partial charge on any atom is 0.336 e. The molecule has 0 amide bonds. The van der Waals surface area contributed by atoms with E-state index in [9.17, 15) is 4.79 Å². The predicted octanol–water partition coefficient (Wildman–Crippen LogP) is 2.81. The van der Waals surface area contributed by atoms with Gasteiger partial charge in [-0.25, -0.2) is 4.79 Å². The fourth-order valence-corrected chi connectivity index (χ4v) is 2.00. The molecule has 4 nitrogen and oxygen atoms in total. The van der Waals surface area contributed by atoms with E-state index in [2.05, 4.69) is 6.07 Å². The monoisotopic (exact) mass is 228 g/mol. The molecule has 0 saturated heterocycles. The van der Waals surface area contributed by atoms with Crippen LogP contribution >= 0.6 is 0 Å². The van der Waals surface area contributed by atoms with E-state index in [-0.39, 0.29) is 11.6 Å². The summed E-state index contributed by atoms with van der Waals surface area (Å²) in [5.41, 5.74) is 1.06. The molecule has 0 aliphatic carbocycles. The van der Waals surface area contributed by atoms with Gasteiger partial charge in [-0.3, -0.25) is 0 Å². The second-order valence-corrected chi connectivity index (χ2v) is 3.82. The lowest BCUT2D eigenvalue weighted by molar-refractivity contribution is 0.0699. The Hall–Kier alpha value is -2.28. The summed E-state index contributed by atoms with van der Waals surface area (Å²) in [5, 5.41) is 18.8. The van der Waals surface area contributed by atoms with Crippen LogP contribution in [0.25, 0.3) is 10.9 Å². The van der Waals surface area contributed by atoms with Gasteiger partial charge in [-0.2, -0.15) is 5.26 Å². The van der Waals surface area contributed by atoms with Crippen LogP contribution in [0.5, 0.6) is 0 Å². The van der Waals surface area contributed by atoms with Gasteiger partial charge in [0, 0.05) is 17.1 Å². The van der Waals surface area contributed by atoms with E-state index in [1.165, 1.54) is 0 Å². The first-order valence-electron chi connectivity index (χ1n) is 5.41. The van der Waals surface area contributed by atoms with Crippen molar-refractivity contribution < 1.29 is 9.90 Å². The molecule has 0 fully saturated rings. The molecule has 0 saturated carbocycles. The van der Waals surface area contributed by atoms with Gasteiger partial charge >= 0.3 is 5.97 Å². The zero-order valence-electron chi connectivity index (χ0n) is 9.42. The topological polar surface area (TPSA) is 66.0 Å². The van der Waals surface area contributed by atoms with Crippen molar-refractivity contribution in [2.75, 3.05) is 0 Å². The number of rotatable bonds is 3. The van der Waals surface area contributed by atoms with Crippen molar-refractivity contribution in [2.45, 2.75) is 19.4 Å². The van der Waals surface area contributed by atoms with Crippen molar-refractivity contribution in [3.8, 4) is 6.07 Å². The highest BCUT2D eigenvalue weighted by Crippen LogP contribution is 2.24. The predicted molar refractivity (Wildman–Crippen MR) is 63.8 cm³/mol. The minimum absolute atomic E-state index is 0.253. The third-order valence-electron chi connectivity index (χ3n) is 2.86. The number of hydrogen-bond acceptors (Lipinski definition) is 2. The van der Waals surface area contributed by atoms with Gasteiger partial charge in [-0.1, -0.05) is 13.0 Å². The molecular weight excluding hydrogens is 216 g/mol. The lowest BCUT2D eigenvalue weighted by Crippen LogP contribution is -2.04. The normalized spacial score (nSPS) is 12.2. The smallest absolute Gasteiger partial charge is 0.336 e. The number of hydrogen-bond donors (Lipinski definition) is 1. The summed E-state index contributed by atoms with van der Waals surface area (Å²) in [7, 11) is 0. The highest BCUT2D eigenvalue weighted by molar-refractivity contribution is 6.03. The van der Waals surface area contributed by atoms with Crippen LogP contribution in [0.4, 0.5) is 0 Å². The van der Waals surface area contributed by atoms with E-state index in [0.717, 1.165) is 5.52 Å². The molecule has 4 heteroatoms. The van der Waals surface area contributed by atoms with Gasteiger partial charge in [0.25, 0.3) is 0 Å². The van der Waals surface area contributed by atoms with Crippen molar-refractivity contribution in [3.63, 3.8) is 0 Å². The number of nitriles is 1. The first-order valence-corrected chi connectivity index (χ1v) is 5.41. The molecule has 1 atom stereocenters. The molecular formula is C13H12N2O2. The van der Waals surface area contributed by atoms with E-state index in [0.29, 0.717) is 11.8 Å². The average Bonchev–Trinajstić information content (AvgIpc) is 2.74. The van der Waals surface area contributed by atoms with Crippen LogP contribution in [0.1, 0.15) is 29.7 Å². The lowest BCUT2D eigenvalue weighted by atomic mass is 10.1. The van der Waals surface area contributed by atoms with Crippen LogP contribution in [0.3, 0.4) is 0 Å². The molecule has 86 valence electrons. The summed E-state index contributed by atoms with van der Waals surface area (Å²) >= 11 is 0. The van der Waals surface area contributed by atoms with Gasteiger partial charge in [0.2, 0.25) is 0 Å². The number of aromatic carboxylic acids is 1. The molecule has 0 bridgehead atoms. The number of carbonyl (C=O) groups is 1. The van der Waals surface area contributed by atoms with Crippen LogP contribution in [-0.2, 0) is 0 Å². The first-order chi connectivity index (χ1) is 8.19. The summed E-state index contributed by atoms with van der Waals surface area (Å²) in [4.78, 5) is 11.1. The fraction of sp³-hybridized carbons (Fsp3) is 0.231. The highest BCUT2D eigenvalue weighted by Gasteiger charge is 2.14. The summed E-state index contributed by atoms with van der Waals surface area (Å²) in [5.74, 6) is -0.946. The van der Waals surface area contributed by atoms with E-state index >= 15 is 0 Å². The number of carboxylic acids is 1. The van der Waals surface area contributed by atoms with Crippen molar-refractivity contribution in [2.24, 2.45) is 0 Å². The Morgan fingerprint density at radius 2 is 2.29 bits per heavy atom. The van der Waals surface area contributed by atoms with Gasteiger partial charge in [-0.15, -0.1) is 0 Å². The second kappa shape index (κ2) is 4.30. The average molecular weight is 228 g/mol. The SMILES string of the molecule is CCC(C#N)n1ccc2c(C(=O)O)cccc21. The van der Waals surface area contributed by atoms with Crippen LogP contribution < -0.4 is 0 Å². The number of aromatic nitrogens is 1. The Morgan fingerprint density at radius 3 is 2.88 bits per heavy atom. The van der Waals surface area contributed by atoms with Crippen LogP contribution in [0.15, 0.2) is 30.5 Å². The summed E-state index contributed by atoms with van der Waals surface area (Å²) in [6, 6.07) is 8.81. The first kappa shape index (κ1) is 11.2. The molecule has 2 rings (SSSR count). The van der Waals surface area contributed by atoms with Crippen LogP contribution in [0, 0.1) is 11.3 Å². The second-order valence-electron chi connectivity index (χ2n) is 3.82. The van der Waals surface area contributed by atoms with Crippen molar-refractivity contribution in [1.82, 2.24) is 4.57 Å². The van der Waals surface area contributed by atoms with Gasteiger partial charge in [0.05, 0.1) is 11.6 Å². The van der Waals surface area contributed by atoms with Gasteiger partial charge in [-0.05, 0) is 24.6 Å². The van der Waals surface area contributed by atoms with E-state index in [1.54, 1.807) is 24.4 Å². The van der Waals surface area contributed by atoms with E-state index in [4.69, 9.17) is 10.4 Å². The molecule has 2 aromatic rings. The minimum Gasteiger partial charge on any atom is -0.478 e. The van der Waals surface area contributed by atoms with Crippen molar-refractivity contribution in [1.29, 1.82) is 5.26 Å². The van der Waals surface area contributed by atoms with Crippen molar-refractivity contribution >= 4 is 16.9 Å². The Bertz CT molecular complexity index is 607. The quantitative estimate of drug-likeness (QED) is 0.878. The molecule has 1 N–H and O–H groups in total.